The summed E-state index contributed by atoms with van der Waals surface area (Å²) in [6.45, 7) is 0.995. The molecule has 94 valence electrons. The summed E-state index contributed by atoms with van der Waals surface area (Å²) >= 11 is 0. The number of halogens is 2. The number of anilines is 1. The molecule has 0 aliphatic heterocycles. The van der Waals surface area contributed by atoms with Crippen LogP contribution < -0.4 is 10.6 Å². The molecule has 0 spiro atoms. The van der Waals surface area contributed by atoms with E-state index >= 15 is 0 Å². The Morgan fingerprint density at radius 3 is 2.65 bits per heavy atom. The monoisotopic (exact) mass is 241 g/mol. The lowest BCUT2D eigenvalue weighted by atomic mass is 10.2. The van der Waals surface area contributed by atoms with Crippen LogP contribution in [0.5, 0.6) is 0 Å². The third kappa shape index (κ3) is 2.72. The molecule has 0 amide bonds. The maximum absolute atomic E-state index is 13.7. The van der Waals surface area contributed by atoms with E-state index in [0.717, 1.165) is 37.9 Å². The molecule has 3 nitrogen and oxygen atoms in total. The summed E-state index contributed by atoms with van der Waals surface area (Å²) in [4.78, 5) is 5.74. The Morgan fingerprint density at radius 2 is 2.06 bits per heavy atom. The zero-order chi connectivity index (χ0) is 12.3. The van der Waals surface area contributed by atoms with Gasteiger partial charge in [-0.05, 0) is 12.8 Å². The minimum Gasteiger partial charge on any atom is -0.350 e. The van der Waals surface area contributed by atoms with Gasteiger partial charge in [-0.2, -0.15) is 0 Å². The number of hydrogen-bond donors (Lipinski definition) is 1. The summed E-state index contributed by atoms with van der Waals surface area (Å²) in [6, 6.07) is 1.16. The molecule has 1 heterocycles. The topological polar surface area (TPSA) is 42.1 Å². The molecular weight excluding hydrogens is 224 g/mol. The lowest BCUT2D eigenvalue weighted by molar-refractivity contribution is 0.543. The van der Waals surface area contributed by atoms with Crippen LogP contribution in [-0.4, -0.2) is 24.1 Å². The molecule has 17 heavy (non-hydrogen) atoms. The van der Waals surface area contributed by atoms with Gasteiger partial charge in [-0.15, -0.1) is 0 Å². The van der Waals surface area contributed by atoms with Crippen molar-refractivity contribution in [2.75, 3.05) is 18.0 Å². The zero-order valence-electron chi connectivity index (χ0n) is 9.70. The van der Waals surface area contributed by atoms with E-state index in [2.05, 4.69) is 4.98 Å². The quantitative estimate of drug-likeness (QED) is 0.877. The van der Waals surface area contributed by atoms with Crippen molar-refractivity contribution >= 4 is 5.82 Å². The Morgan fingerprint density at radius 1 is 1.35 bits per heavy atom. The predicted molar refractivity (Wildman–Crippen MR) is 62.8 cm³/mol. The number of pyridine rings is 1. The van der Waals surface area contributed by atoms with E-state index in [9.17, 15) is 8.78 Å². The van der Waals surface area contributed by atoms with Crippen molar-refractivity contribution in [1.29, 1.82) is 0 Å². The number of nitrogens with two attached hydrogens (primary N) is 1. The first kappa shape index (κ1) is 12.2. The molecule has 0 radical (unpaired) electrons. The van der Waals surface area contributed by atoms with Crippen molar-refractivity contribution in [2.24, 2.45) is 5.73 Å². The Bertz CT molecular complexity index is 378. The van der Waals surface area contributed by atoms with Gasteiger partial charge >= 0.3 is 0 Å². The summed E-state index contributed by atoms with van der Waals surface area (Å²) in [7, 11) is 0. The number of nitrogens with zero attached hydrogens (tertiary/aromatic N) is 2. The second-order valence-corrected chi connectivity index (χ2v) is 4.38. The van der Waals surface area contributed by atoms with Crippen LogP contribution in [0.1, 0.15) is 25.7 Å². The van der Waals surface area contributed by atoms with E-state index < -0.39 is 11.6 Å². The molecular formula is C12H17F2N3. The van der Waals surface area contributed by atoms with Gasteiger partial charge in [0.05, 0.1) is 6.20 Å². The maximum Gasteiger partial charge on any atom is 0.168 e. The van der Waals surface area contributed by atoms with Crippen molar-refractivity contribution in [3.8, 4) is 0 Å². The molecule has 2 rings (SSSR count). The van der Waals surface area contributed by atoms with Crippen LogP contribution in [0.15, 0.2) is 12.3 Å². The molecule has 1 saturated carbocycles. The number of hydrogen-bond acceptors (Lipinski definition) is 3. The van der Waals surface area contributed by atoms with Crippen molar-refractivity contribution in [3.63, 3.8) is 0 Å². The minimum absolute atomic E-state index is 0.226. The highest BCUT2D eigenvalue weighted by Crippen LogP contribution is 2.28. The van der Waals surface area contributed by atoms with Crippen molar-refractivity contribution in [1.82, 2.24) is 4.98 Å². The largest absolute Gasteiger partial charge is 0.350 e. The van der Waals surface area contributed by atoms with Crippen LogP contribution in [0.4, 0.5) is 14.6 Å². The first-order valence-corrected chi connectivity index (χ1v) is 6.00. The molecule has 0 bridgehead atoms. The second kappa shape index (κ2) is 5.40. The molecule has 1 aliphatic carbocycles. The summed E-state index contributed by atoms with van der Waals surface area (Å²) in [5.41, 5.74) is 5.55. The predicted octanol–water partition coefficient (Wildman–Crippen LogP) is 2.07. The van der Waals surface area contributed by atoms with E-state index in [0.29, 0.717) is 13.1 Å². The van der Waals surface area contributed by atoms with Crippen LogP contribution in [0.25, 0.3) is 0 Å². The molecule has 0 saturated heterocycles. The Balaban J connectivity index is 2.24. The summed E-state index contributed by atoms with van der Waals surface area (Å²) in [5, 5.41) is 0. The van der Waals surface area contributed by atoms with Gasteiger partial charge in [0.2, 0.25) is 0 Å². The molecule has 1 aromatic heterocycles. The van der Waals surface area contributed by atoms with Gasteiger partial charge in [0.15, 0.2) is 11.6 Å². The van der Waals surface area contributed by atoms with Gasteiger partial charge < -0.3 is 10.6 Å². The van der Waals surface area contributed by atoms with E-state index in [-0.39, 0.29) is 11.9 Å². The van der Waals surface area contributed by atoms with Crippen molar-refractivity contribution in [3.05, 3.63) is 23.9 Å². The van der Waals surface area contributed by atoms with Gasteiger partial charge in [-0.25, -0.2) is 13.8 Å². The minimum atomic E-state index is -0.648. The Hall–Kier alpha value is -1.23. The van der Waals surface area contributed by atoms with Crippen LogP contribution in [-0.2, 0) is 0 Å². The van der Waals surface area contributed by atoms with E-state index in [1.165, 1.54) is 0 Å². The highest BCUT2D eigenvalue weighted by atomic mass is 19.1. The lowest BCUT2D eigenvalue weighted by Crippen LogP contribution is -2.38. The van der Waals surface area contributed by atoms with Gasteiger partial charge in [-0.1, -0.05) is 12.8 Å². The lowest BCUT2D eigenvalue weighted by Gasteiger charge is -2.29. The molecule has 1 aliphatic rings. The fourth-order valence-corrected chi connectivity index (χ4v) is 2.44. The van der Waals surface area contributed by atoms with Crippen LogP contribution in [0.2, 0.25) is 0 Å². The average molecular weight is 241 g/mol. The van der Waals surface area contributed by atoms with Gasteiger partial charge in [0.25, 0.3) is 0 Å². The fourth-order valence-electron chi connectivity index (χ4n) is 2.44. The van der Waals surface area contributed by atoms with Crippen molar-refractivity contribution < 1.29 is 8.78 Å². The standard InChI is InChI=1S/C12H17F2N3/c13-9-7-11(14)12(16-8-9)17(6-5-15)10-3-1-2-4-10/h7-8,10H,1-6,15H2. The second-order valence-electron chi connectivity index (χ2n) is 4.38. The average Bonchev–Trinajstić information content (AvgIpc) is 2.80. The van der Waals surface area contributed by atoms with Crippen LogP contribution >= 0.6 is 0 Å². The molecule has 0 unspecified atom stereocenters. The number of rotatable bonds is 4. The molecule has 1 fully saturated rings. The van der Waals surface area contributed by atoms with Crippen molar-refractivity contribution in [2.45, 2.75) is 31.7 Å². The van der Waals surface area contributed by atoms with E-state index in [4.69, 9.17) is 5.73 Å². The van der Waals surface area contributed by atoms with Gasteiger partial charge in [0.1, 0.15) is 5.82 Å². The summed E-state index contributed by atoms with van der Waals surface area (Å²) in [5.74, 6) is -1.03. The van der Waals surface area contributed by atoms with Crippen LogP contribution in [0, 0.1) is 11.6 Å². The van der Waals surface area contributed by atoms with Crippen LogP contribution in [0.3, 0.4) is 0 Å². The third-order valence-corrected chi connectivity index (χ3v) is 3.20. The van der Waals surface area contributed by atoms with E-state index in [1.54, 1.807) is 0 Å². The summed E-state index contributed by atoms with van der Waals surface area (Å²) in [6.07, 6.45) is 5.40. The molecule has 0 aromatic carbocycles. The third-order valence-electron chi connectivity index (χ3n) is 3.20. The molecule has 5 heteroatoms. The Labute approximate surface area is 99.6 Å². The van der Waals surface area contributed by atoms with Gasteiger partial charge in [-0.3, -0.25) is 0 Å². The van der Waals surface area contributed by atoms with E-state index in [1.807, 2.05) is 4.90 Å². The summed E-state index contributed by atoms with van der Waals surface area (Å²) < 4.78 is 26.5. The highest BCUT2D eigenvalue weighted by molar-refractivity contribution is 5.41. The molecule has 0 atom stereocenters. The van der Waals surface area contributed by atoms with Gasteiger partial charge in [0, 0.05) is 25.2 Å². The maximum atomic E-state index is 13.7. The Kier molecular flexibility index (Phi) is 3.89. The SMILES string of the molecule is NCCN(c1ncc(F)cc1F)C1CCCC1. The first-order chi connectivity index (χ1) is 8.22. The smallest absolute Gasteiger partial charge is 0.168 e. The number of aromatic nitrogens is 1. The highest BCUT2D eigenvalue weighted by Gasteiger charge is 2.25. The molecule has 2 N–H and O–H groups in total. The molecule has 1 aromatic rings. The first-order valence-electron chi connectivity index (χ1n) is 6.00. The normalized spacial score (nSPS) is 16.4. The fraction of sp³-hybridized carbons (Fsp3) is 0.583. The zero-order valence-corrected chi connectivity index (χ0v) is 9.70.